The molecule has 0 bridgehead atoms. The van der Waals surface area contributed by atoms with Crippen molar-refractivity contribution in [3.8, 4) is 0 Å². The molecular weight excluding hydrogens is 169 g/mol. The minimum Gasteiger partial charge on any atom is -0.258 e. The maximum atomic E-state index is 12.6. The van der Waals surface area contributed by atoms with E-state index in [1.807, 2.05) is 0 Å². The van der Waals surface area contributed by atoms with Gasteiger partial charge in [-0.1, -0.05) is 6.07 Å². The first-order valence-corrected chi connectivity index (χ1v) is 3.19. The van der Waals surface area contributed by atoms with Crippen molar-refractivity contribution >= 4 is 18.3 Å². The van der Waals surface area contributed by atoms with Crippen LogP contribution in [0.3, 0.4) is 0 Å². The lowest BCUT2D eigenvalue weighted by molar-refractivity contribution is -0.388. The molecule has 0 amide bonds. The molecule has 3 nitrogen and oxygen atoms in total. The minimum absolute atomic E-state index is 0.225. The standard InChI is InChI=1S/C6H4FNO2S/c7-4-2-1-3-5(6(4)11)8(9)10/h1-3,11H. The van der Waals surface area contributed by atoms with Crippen LogP contribution in [0.1, 0.15) is 0 Å². The zero-order valence-electron chi connectivity index (χ0n) is 5.32. The van der Waals surface area contributed by atoms with Gasteiger partial charge in [-0.2, -0.15) is 0 Å². The fourth-order valence-electron chi connectivity index (χ4n) is 0.651. The Kier molecular flexibility index (Phi) is 2.09. The molecule has 0 fully saturated rings. The third kappa shape index (κ3) is 1.48. The molecule has 0 heterocycles. The molecule has 58 valence electrons. The van der Waals surface area contributed by atoms with Gasteiger partial charge in [-0.3, -0.25) is 10.1 Å². The monoisotopic (exact) mass is 173 g/mol. The van der Waals surface area contributed by atoms with E-state index in [1.165, 1.54) is 12.1 Å². The number of hydrogen-bond acceptors (Lipinski definition) is 3. The largest absolute Gasteiger partial charge is 0.285 e. The number of hydrogen-bond donors (Lipinski definition) is 1. The van der Waals surface area contributed by atoms with Crippen molar-refractivity contribution in [2.45, 2.75) is 4.90 Å². The fraction of sp³-hybridized carbons (Fsp3) is 0. The summed E-state index contributed by atoms with van der Waals surface area (Å²) in [4.78, 5) is 9.26. The van der Waals surface area contributed by atoms with Gasteiger partial charge in [0.05, 0.1) is 4.92 Å². The Labute approximate surface area is 67.4 Å². The lowest BCUT2D eigenvalue weighted by atomic mass is 10.3. The Bertz CT molecular complexity index is 303. The smallest absolute Gasteiger partial charge is 0.258 e. The van der Waals surface area contributed by atoms with Gasteiger partial charge >= 0.3 is 0 Å². The Balaban J connectivity index is 3.27. The molecular formula is C6H4FNO2S. The van der Waals surface area contributed by atoms with E-state index < -0.39 is 10.7 Å². The molecule has 1 rings (SSSR count). The van der Waals surface area contributed by atoms with E-state index in [0.717, 1.165) is 6.07 Å². The van der Waals surface area contributed by atoms with E-state index in [4.69, 9.17) is 0 Å². The highest BCUT2D eigenvalue weighted by molar-refractivity contribution is 7.80. The number of halogens is 1. The van der Waals surface area contributed by atoms with Crippen LogP contribution < -0.4 is 0 Å². The first kappa shape index (κ1) is 8.00. The van der Waals surface area contributed by atoms with E-state index in [9.17, 15) is 14.5 Å². The van der Waals surface area contributed by atoms with Crippen molar-refractivity contribution in [2.24, 2.45) is 0 Å². The zero-order chi connectivity index (χ0) is 8.43. The molecule has 0 atom stereocenters. The highest BCUT2D eigenvalue weighted by atomic mass is 32.1. The van der Waals surface area contributed by atoms with Gasteiger partial charge in [-0.05, 0) is 6.07 Å². The van der Waals surface area contributed by atoms with Crippen LogP contribution in [0.2, 0.25) is 0 Å². The molecule has 0 saturated carbocycles. The molecule has 1 aromatic rings. The molecule has 0 unspecified atom stereocenters. The second kappa shape index (κ2) is 2.87. The van der Waals surface area contributed by atoms with Crippen LogP contribution in [0, 0.1) is 15.9 Å². The summed E-state index contributed by atoms with van der Waals surface area (Å²) in [7, 11) is 0. The Hall–Kier alpha value is -1.10. The predicted octanol–water partition coefficient (Wildman–Crippen LogP) is 2.02. The van der Waals surface area contributed by atoms with Crippen LogP contribution in [0.25, 0.3) is 0 Å². The molecule has 11 heavy (non-hydrogen) atoms. The summed E-state index contributed by atoms with van der Waals surface area (Å²) in [6.45, 7) is 0. The van der Waals surface area contributed by atoms with Crippen molar-refractivity contribution < 1.29 is 9.31 Å². The summed E-state index contributed by atoms with van der Waals surface area (Å²) in [6.07, 6.45) is 0. The summed E-state index contributed by atoms with van der Waals surface area (Å²) in [5, 5.41) is 10.2. The second-order valence-corrected chi connectivity index (χ2v) is 2.31. The van der Waals surface area contributed by atoms with Gasteiger partial charge in [0.15, 0.2) is 0 Å². The Morgan fingerprint density at radius 1 is 1.55 bits per heavy atom. The summed E-state index contributed by atoms with van der Waals surface area (Å²) < 4.78 is 12.6. The van der Waals surface area contributed by atoms with Crippen LogP contribution in [-0.4, -0.2) is 4.92 Å². The number of thiol groups is 1. The van der Waals surface area contributed by atoms with Gasteiger partial charge in [0.25, 0.3) is 5.69 Å². The molecule has 0 aliphatic carbocycles. The fourth-order valence-corrected chi connectivity index (χ4v) is 0.882. The van der Waals surface area contributed by atoms with Crippen molar-refractivity contribution in [2.75, 3.05) is 0 Å². The number of benzene rings is 1. The van der Waals surface area contributed by atoms with Crippen LogP contribution in [0.15, 0.2) is 23.1 Å². The molecule has 0 N–H and O–H groups in total. The van der Waals surface area contributed by atoms with Gasteiger partial charge in [-0.15, -0.1) is 12.6 Å². The van der Waals surface area contributed by atoms with Gasteiger partial charge < -0.3 is 0 Å². The molecule has 0 radical (unpaired) electrons. The van der Waals surface area contributed by atoms with E-state index in [-0.39, 0.29) is 10.6 Å². The minimum atomic E-state index is -0.678. The summed E-state index contributed by atoms with van der Waals surface area (Å²) >= 11 is 3.63. The number of rotatable bonds is 1. The van der Waals surface area contributed by atoms with Gasteiger partial charge in [-0.25, -0.2) is 4.39 Å². The highest BCUT2D eigenvalue weighted by Crippen LogP contribution is 2.24. The molecule has 0 aliphatic heterocycles. The number of nitro benzene ring substituents is 1. The first-order chi connectivity index (χ1) is 5.13. The quantitative estimate of drug-likeness (QED) is 0.401. The summed E-state index contributed by atoms with van der Waals surface area (Å²) in [5.74, 6) is -0.678. The average molecular weight is 173 g/mol. The van der Waals surface area contributed by atoms with Crippen LogP contribution in [0.5, 0.6) is 0 Å². The summed E-state index contributed by atoms with van der Waals surface area (Å²) in [5.41, 5.74) is -0.312. The predicted molar refractivity (Wildman–Crippen MR) is 40.3 cm³/mol. The van der Waals surface area contributed by atoms with E-state index in [0.29, 0.717) is 0 Å². The van der Waals surface area contributed by atoms with E-state index >= 15 is 0 Å². The SMILES string of the molecule is O=[N+]([O-])c1cccc(F)c1S. The molecule has 0 aromatic heterocycles. The lowest BCUT2D eigenvalue weighted by Crippen LogP contribution is -1.90. The van der Waals surface area contributed by atoms with E-state index in [1.54, 1.807) is 0 Å². The zero-order valence-corrected chi connectivity index (χ0v) is 6.22. The third-order valence-corrected chi connectivity index (χ3v) is 1.60. The second-order valence-electron chi connectivity index (χ2n) is 1.86. The maximum Gasteiger partial charge on any atom is 0.285 e. The van der Waals surface area contributed by atoms with Crippen molar-refractivity contribution in [1.29, 1.82) is 0 Å². The van der Waals surface area contributed by atoms with Crippen molar-refractivity contribution in [3.05, 3.63) is 34.1 Å². The highest BCUT2D eigenvalue weighted by Gasteiger charge is 2.13. The number of nitrogens with zero attached hydrogens (tertiary/aromatic N) is 1. The normalized spacial score (nSPS) is 9.64. The van der Waals surface area contributed by atoms with Crippen molar-refractivity contribution in [3.63, 3.8) is 0 Å². The van der Waals surface area contributed by atoms with Crippen LogP contribution in [-0.2, 0) is 0 Å². The van der Waals surface area contributed by atoms with Gasteiger partial charge in [0, 0.05) is 6.07 Å². The molecule has 0 aliphatic rings. The number of nitro groups is 1. The molecule has 5 heteroatoms. The average Bonchev–Trinajstić information content (AvgIpc) is 1.94. The van der Waals surface area contributed by atoms with E-state index in [2.05, 4.69) is 12.6 Å². The topological polar surface area (TPSA) is 43.1 Å². The van der Waals surface area contributed by atoms with Gasteiger partial charge in [0.2, 0.25) is 0 Å². The molecule has 1 aromatic carbocycles. The Morgan fingerprint density at radius 3 is 2.64 bits per heavy atom. The first-order valence-electron chi connectivity index (χ1n) is 2.75. The summed E-state index contributed by atoms with van der Waals surface area (Å²) in [6, 6.07) is 3.59. The third-order valence-electron chi connectivity index (χ3n) is 1.16. The Morgan fingerprint density at radius 2 is 2.18 bits per heavy atom. The van der Waals surface area contributed by atoms with Gasteiger partial charge in [0.1, 0.15) is 10.7 Å². The molecule has 0 spiro atoms. The lowest BCUT2D eigenvalue weighted by Gasteiger charge is -1.94. The maximum absolute atomic E-state index is 12.6. The van der Waals surface area contributed by atoms with Crippen molar-refractivity contribution in [1.82, 2.24) is 0 Å². The van der Waals surface area contributed by atoms with Crippen LogP contribution in [0.4, 0.5) is 10.1 Å². The van der Waals surface area contributed by atoms with Crippen LogP contribution >= 0.6 is 12.6 Å². The molecule has 0 saturated heterocycles.